The largest absolute Gasteiger partial charge is 0.468 e. The fourth-order valence-electron chi connectivity index (χ4n) is 3.56. The molecule has 0 aliphatic carbocycles. The van der Waals surface area contributed by atoms with E-state index in [1.54, 1.807) is 26.0 Å². The number of benzene rings is 2. The molecule has 0 saturated heterocycles. The third-order valence-electron chi connectivity index (χ3n) is 5.07. The second kappa shape index (κ2) is 11.4. The van der Waals surface area contributed by atoms with Crippen molar-refractivity contribution in [2.24, 2.45) is 5.92 Å². The summed E-state index contributed by atoms with van der Waals surface area (Å²) in [7, 11) is 2.55. The molecule has 33 heavy (non-hydrogen) atoms. The van der Waals surface area contributed by atoms with Gasteiger partial charge in [0.15, 0.2) is 0 Å². The quantitative estimate of drug-likeness (QED) is 0.293. The number of methoxy groups -OCH3 is 2. The first-order chi connectivity index (χ1) is 15.5. The Bertz CT molecular complexity index is 975. The summed E-state index contributed by atoms with van der Waals surface area (Å²) in [5, 5.41) is 2.30. The number of rotatable bonds is 10. The molecule has 1 unspecified atom stereocenters. The fraction of sp³-hybridized carbons (Fsp3) is 0.417. The predicted octanol–water partition coefficient (Wildman–Crippen LogP) is 5.23. The fourth-order valence-corrected chi connectivity index (χ4v) is 3.56. The molecule has 0 aliphatic heterocycles. The first-order valence-corrected chi connectivity index (χ1v) is 10.3. The third-order valence-corrected chi connectivity index (χ3v) is 5.07. The van der Waals surface area contributed by atoms with Crippen molar-refractivity contribution in [3.8, 4) is 11.1 Å². The van der Waals surface area contributed by atoms with Gasteiger partial charge in [0.25, 0.3) is 0 Å². The van der Waals surface area contributed by atoms with Crippen molar-refractivity contribution in [1.29, 1.82) is 0 Å². The van der Waals surface area contributed by atoms with Crippen LogP contribution >= 0.6 is 0 Å². The topological polar surface area (TPSA) is 64.6 Å². The Kier molecular flexibility index (Phi) is 9.13. The molecule has 2 rings (SSSR count). The number of hydrogen-bond donors (Lipinski definition) is 1. The molecule has 0 fully saturated rings. The Morgan fingerprint density at radius 1 is 1.09 bits per heavy atom. The number of alkyl halides is 3. The molecule has 2 aromatic carbocycles. The van der Waals surface area contributed by atoms with Gasteiger partial charge in [0.2, 0.25) is 0 Å². The van der Waals surface area contributed by atoms with E-state index >= 15 is 4.39 Å². The zero-order chi connectivity index (χ0) is 24.8. The normalized spacial score (nSPS) is 13.6. The molecule has 180 valence electrons. The Balaban J connectivity index is 2.50. The van der Waals surface area contributed by atoms with Gasteiger partial charge >= 0.3 is 12.1 Å². The minimum atomic E-state index is -4.80. The molecule has 9 heteroatoms. The van der Waals surface area contributed by atoms with Crippen LogP contribution in [0.15, 0.2) is 36.4 Å². The molecule has 5 nitrogen and oxygen atoms in total. The Morgan fingerprint density at radius 2 is 1.79 bits per heavy atom. The molecular weight excluding hydrogens is 442 g/mol. The van der Waals surface area contributed by atoms with Gasteiger partial charge in [0.05, 0.1) is 13.7 Å². The minimum absolute atomic E-state index is 0.0297. The maximum Gasteiger partial charge on any atom is 0.407 e. The summed E-state index contributed by atoms with van der Waals surface area (Å²) < 4.78 is 66.5. The average molecular weight is 469 g/mol. The van der Waals surface area contributed by atoms with Gasteiger partial charge in [-0.3, -0.25) is 14.9 Å². The maximum absolute atomic E-state index is 15.1. The van der Waals surface area contributed by atoms with Gasteiger partial charge in [0, 0.05) is 18.2 Å². The van der Waals surface area contributed by atoms with Crippen molar-refractivity contribution >= 4 is 12.3 Å². The maximum atomic E-state index is 15.1. The second-order valence-corrected chi connectivity index (χ2v) is 8.05. The summed E-state index contributed by atoms with van der Waals surface area (Å²) in [6, 6.07) is 4.25. The Hall–Kier alpha value is -2.78. The van der Waals surface area contributed by atoms with Crippen LogP contribution in [0.3, 0.4) is 0 Å². The monoisotopic (exact) mass is 469 g/mol. The van der Waals surface area contributed by atoms with E-state index in [4.69, 9.17) is 4.74 Å². The molecule has 0 saturated carbocycles. The number of ether oxygens (including phenoxy) is 2. The number of nitrogens with one attached hydrogen (secondary N) is 1. The van der Waals surface area contributed by atoms with Crippen molar-refractivity contribution in [1.82, 2.24) is 5.32 Å². The average Bonchev–Trinajstić information content (AvgIpc) is 2.75. The van der Waals surface area contributed by atoms with Crippen LogP contribution in [0.1, 0.15) is 47.8 Å². The van der Waals surface area contributed by atoms with Crippen LogP contribution in [0.2, 0.25) is 0 Å². The summed E-state index contributed by atoms with van der Waals surface area (Å²) in [6.07, 6.45) is -4.09. The first-order valence-electron chi connectivity index (χ1n) is 10.3. The highest BCUT2D eigenvalue weighted by Gasteiger charge is 2.43. The summed E-state index contributed by atoms with van der Waals surface area (Å²) in [5.74, 6) is -1.81. The summed E-state index contributed by atoms with van der Waals surface area (Å²) >= 11 is 0. The number of halogens is 4. The van der Waals surface area contributed by atoms with Gasteiger partial charge < -0.3 is 9.47 Å². The van der Waals surface area contributed by atoms with E-state index in [0.29, 0.717) is 17.4 Å². The lowest BCUT2D eigenvalue weighted by Gasteiger charge is -2.27. The van der Waals surface area contributed by atoms with Crippen molar-refractivity contribution in [3.05, 3.63) is 58.9 Å². The third kappa shape index (κ3) is 6.85. The Labute approximate surface area is 190 Å². The van der Waals surface area contributed by atoms with Gasteiger partial charge in [-0.1, -0.05) is 38.1 Å². The highest BCUT2D eigenvalue weighted by atomic mass is 19.4. The van der Waals surface area contributed by atoms with Gasteiger partial charge in [0.1, 0.15) is 24.2 Å². The number of carbonyl (C=O) groups is 2. The molecule has 2 aromatic rings. The molecule has 0 radical (unpaired) electrons. The van der Waals surface area contributed by atoms with Crippen LogP contribution < -0.4 is 5.32 Å². The summed E-state index contributed by atoms with van der Waals surface area (Å²) in [6.45, 7) is 3.65. The summed E-state index contributed by atoms with van der Waals surface area (Å²) in [4.78, 5) is 23.2. The molecular formula is C24H27F4NO4. The van der Waals surface area contributed by atoms with Crippen LogP contribution in [0.5, 0.6) is 0 Å². The van der Waals surface area contributed by atoms with Crippen LogP contribution in [0, 0.1) is 11.7 Å². The molecule has 0 aromatic heterocycles. The van der Waals surface area contributed by atoms with Crippen molar-refractivity contribution < 1.29 is 36.6 Å². The smallest absolute Gasteiger partial charge is 0.407 e. The predicted molar refractivity (Wildman–Crippen MR) is 115 cm³/mol. The van der Waals surface area contributed by atoms with Crippen LogP contribution in [0.25, 0.3) is 11.1 Å². The van der Waals surface area contributed by atoms with E-state index in [9.17, 15) is 22.8 Å². The van der Waals surface area contributed by atoms with Crippen LogP contribution in [0.4, 0.5) is 17.6 Å². The van der Waals surface area contributed by atoms with Crippen molar-refractivity contribution in [2.75, 3.05) is 14.2 Å². The van der Waals surface area contributed by atoms with E-state index in [2.05, 4.69) is 10.1 Å². The highest BCUT2D eigenvalue weighted by Crippen LogP contribution is 2.36. The van der Waals surface area contributed by atoms with Gasteiger partial charge in [-0.2, -0.15) is 13.2 Å². The summed E-state index contributed by atoms with van der Waals surface area (Å²) in [5.41, 5.74) is 0.846. The van der Waals surface area contributed by atoms with Gasteiger partial charge in [-0.05, 0) is 41.2 Å². The van der Waals surface area contributed by atoms with Crippen molar-refractivity contribution in [3.63, 3.8) is 0 Å². The molecule has 2 atom stereocenters. The lowest BCUT2D eigenvalue weighted by Crippen LogP contribution is -2.45. The standard InChI is InChI=1S/C24H27F4NO4/c1-14(2)9-21(23(31)33-4)29-22(24(26,27)28)16-7-8-18(20(25)11-16)19-10-15(12-30)5-6-17(19)13-32-3/h5-8,10-12,14,21-22,29H,9,13H2,1-4H3/t21-,22?/m0/s1. The minimum Gasteiger partial charge on any atom is -0.468 e. The Morgan fingerprint density at radius 3 is 2.30 bits per heavy atom. The van der Waals surface area contributed by atoms with E-state index in [1.807, 2.05) is 0 Å². The van der Waals surface area contributed by atoms with E-state index in [1.165, 1.54) is 19.2 Å². The van der Waals surface area contributed by atoms with Crippen LogP contribution in [-0.4, -0.2) is 38.7 Å². The number of esters is 1. The first kappa shape index (κ1) is 26.5. The van der Waals surface area contributed by atoms with Gasteiger partial charge in [-0.15, -0.1) is 0 Å². The number of hydrogen-bond acceptors (Lipinski definition) is 5. The second-order valence-electron chi connectivity index (χ2n) is 8.05. The molecule has 0 aliphatic rings. The molecule has 0 bridgehead atoms. The van der Waals surface area contributed by atoms with Crippen LogP contribution in [-0.2, 0) is 20.9 Å². The van der Waals surface area contributed by atoms with E-state index < -0.39 is 30.0 Å². The molecule has 1 N–H and O–H groups in total. The number of aldehydes is 1. The molecule has 0 heterocycles. The molecule has 0 amide bonds. The van der Waals surface area contributed by atoms with E-state index in [-0.39, 0.29) is 35.6 Å². The van der Waals surface area contributed by atoms with Gasteiger partial charge in [-0.25, -0.2) is 4.39 Å². The highest BCUT2D eigenvalue weighted by molar-refractivity contribution is 5.80. The zero-order valence-corrected chi connectivity index (χ0v) is 18.8. The molecule has 0 spiro atoms. The van der Waals surface area contributed by atoms with Crippen molar-refractivity contribution in [2.45, 2.75) is 45.1 Å². The lowest BCUT2D eigenvalue weighted by atomic mass is 9.94. The zero-order valence-electron chi connectivity index (χ0n) is 18.8. The van der Waals surface area contributed by atoms with E-state index in [0.717, 1.165) is 19.2 Å². The lowest BCUT2D eigenvalue weighted by molar-refractivity contribution is -0.164. The number of carbonyl (C=O) groups excluding carboxylic acids is 2. The SMILES string of the molecule is COCc1ccc(C=O)cc1-c1ccc(C(N[C@@H](CC(C)C)C(=O)OC)C(F)(F)F)cc1F.